The zero-order valence-electron chi connectivity index (χ0n) is 11.4. The lowest BCUT2D eigenvalue weighted by Gasteiger charge is -2.13. The third-order valence-corrected chi connectivity index (χ3v) is 3.50. The van der Waals surface area contributed by atoms with Gasteiger partial charge in [-0.3, -0.25) is 0 Å². The summed E-state index contributed by atoms with van der Waals surface area (Å²) in [4.78, 5) is 0. The summed E-state index contributed by atoms with van der Waals surface area (Å²) in [6.07, 6.45) is 0. The molecule has 0 aromatic heterocycles. The summed E-state index contributed by atoms with van der Waals surface area (Å²) in [6, 6.07) is 14.7. The van der Waals surface area contributed by atoms with E-state index in [4.69, 9.17) is 9.47 Å². The molecule has 0 aliphatic heterocycles. The Hall–Kier alpha value is -2.22. The Kier molecular flexibility index (Phi) is 2.79. The Bertz CT molecular complexity index is 760. The monoisotopic (exact) mass is 252 g/mol. The second kappa shape index (κ2) is 4.47. The maximum atomic E-state index is 5.57. The van der Waals surface area contributed by atoms with Gasteiger partial charge in [0.15, 0.2) is 11.5 Å². The zero-order chi connectivity index (χ0) is 13.4. The largest absolute Gasteiger partial charge is 0.493 e. The van der Waals surface area contributed by atoms with Crippen molar-refractivity contribution < 1.29 is 9.47 Å². The van der Waals surface area contributed by atoms with Crippen molar-refractivity contribution in [2.24, 2.45) is 0 Å². The Morgan fingerprint density at radius 1 is 0.789 bits per heavy atom. The van der Waals surface area contributed by atoms with E-state index in [1.165, 1.54) is 16.3 Å². The fourth-order valence-electron chi connectivity index (χ4n) is 2.57. The van der Waals surface area contributed by atoms with Crippen molar-refractivity contribution in [1.29, 1.82) is 0 Å². The molecule has 0 unspecified atom stereocenters. The summed E-state index contributed by atoms with van der Waals surface area (Å²) in [5.41, 5.74) is 1.24. The molecule has 0 atom stereocenters. The molecular weight excluding hydrogens is 236 g/mol. The van der Waals surface area contributed by atoms with E-state index in [0.29, 0.717) is 0 Å². The van der Waals surface area contributed by atoms with E-state index >= 15 is 0 Å². The van der Waals surface area contributed by atoms with Crippen LogP contribution in [-0.2, 0) is 0 Å². The van der Waals surface area contributed by atoms with Gasteiger partial charge in [-0.1, -0.05) is 42.0 Å². The number of aryl methyl sites for hydroxylation is 1. The van der Waals surface area contributed by atoms with Crippen molar-refractivity contribution in [3.05, 3.63) is 48.0 Å². The summed E-state index contributed by atoms with van der Waals surface area (Å²) in [6.45, 7) is 2.10. The number of hydrogen-bond donors (Lipinski definition) is 0. The minimum absolute atomic E-state index is 0.768. The highest BCUT2D eigenvalue weighted by molar-refractivity contribution is 6.11. The first-order chi connectivity index (χ1) is 9.24. The van der Waals surface area contributed by atoms with Crippen LogP contribution in [0.25, 0.3) is 21.5 Å². The molecule has 2 nitrogen and oxygen atoms in total. The maximum Gasteiger partial charge on any atom is 0.169 e. The minimum atomic E-state index is 0.768. The Morgan fingerprint density at radius 2 is 1.47 bits per heavy atom. The van der Waals surface area contributed by atoms with Crippen LogP contribution in [0.3, 0.4) is 0 Å². The molecule has 2 heteroatoms. The molecule has 0 saturated carbocycles. The quantitative estimate of drug-likeness (QED) is 0.632. The summed E-state index contributed by atoms with van der Waals surface area (Å²) in [7, 11) is 3.35. The van der Waals surface area contributed by atoms with Gasteiger partial charge in [-0.05, 0) is 29.1 Å². The van der Waals surface area contributed by atoms with E-state index in [0.717, 1.165) is 22.3 Å². The van der Waals surface area contributed by atoms with E-state index < -0.39 is 0 Å². The summed E-state index contributed by atoms with van der Waals surface area (Å²) in [5.74, 6) is 1.57. The van der Waals surface area contributed by atoms with Gasteiger partial charge in [0, 0.05) is 5.39 Å². The van der Waals surface area contributed by atoms with Crippen LogP contribution < -0.4 is 9.47 Å². The van der Waals surface area contributed by atoms with Gasteiger partial charge in [0.2, 0.25) is 0 Å². The van der Waals surface area contributed by atoms with Crippen molar-refractivity contribution in [3.8, 4) is 11.5 Å². The molecule has 0 aliphatic rings. The molecule has 0 heterocycles. The standard InChI is InChI=1S/C17H16O2/c1-11-4-5-12-6-7-13-8-9-15(18-2)17(19-3)16(13)14(12)10-11/h4-10H,1-3H3. The van der Waals surface area contributed by atoms with Crippen molar-refractivity contribution in [2.75, 3.05) is 14.2 Å². The highest BCUT2D eigenvalue weighted by atomic mass is 16.5. The van der Waals surface area contributed by atoms with Crippen molar-refractivity contribution in [1.82, 2.24) is 0 Å². The average molecular weight is 252 g/mol. The highest BCUT2D eigenvalue weighted by Gasteiger charge is 2.11. The van der Waals surface area contributed by atoms with E-state index in [1.807, 2.05) is 6.07 Å². The molecule has 3 aromatic carbocycles. The van der Waals surface area contributed by atoms with Crippen LogP contribution in [0.1, 0.15) is 5.56 Å². The SMILES string of the molecule is COc1ccc2ccc3ccc(C)cc3c2c1OC. The molecule has 3 rings (SSSR count). The van der Waals surface area contributed by atoms with Crippen LogP contribution in [0.2, 0.25) is 0 Å². The van der Waals surface area contributed by atoms with Gasteiger partial charge in [0.25, 0.3) is 0 Å². The number of fused-ring (bicyclic) bond motifs is 3. The number of hydrogen-bond acceptors (Lipinski definition) is 2. The molecule has 0 bridgehead atoms. The van der Waals surface area contributed by atoms with Crippen LogP contribution >= 0.6 is 0 Å². The number of ether oxygens (including phenoxy) is 2. The number of methoxy groups -OCH3 is 2. The lowest BCUT2D eigenvalue weighted by molar-refractivity contribution is 0.359. The first kappa shape index (κ1) is 11.8. The summed E-state index contributed by atoms with van der Waals surface area (Å²) < 4.78 is 11.0. The molecular formula is C17H16O2. The van der Waals surface area contributed by atoms with Crippen molar-refractivity contribution in [2.45, 2.75) is 6.92 Å². The second-order valence-electron chi connectivity index (χ2n) is 4.69. The molecule has 96 valence electrons. The zero-order valence-corrected chi connectivity index (χ0v) is 11.4. The smallest absolute Gasteiger partial charge is 0.169 e. The van der Waals surface area contributed by atoms with Crippen molar-refractivity contribution >= 4 is 21.5 Å². The Balaban J connectivity index is 2.54. The molecule has 0 aliphatic carbocycles. The molecule has 0 saturated heterocycles. The van der Waals surface area contributed by atoms with Crippen LogP contribution in [0.5, 0.6) is 11.5 Å². The van der Waals surface area contributed by atoms with Gasteiger partial charge < -0.3 is 9.47 Å². The summed E-state index contributed by atoms with van der Waals surface area (Å²) >= 11 is 0. The van der Waals surface area contributed by atoms with Crippen LogP contribution in [0.4, 0.5) is 0 Å². The molecule has 0 spiro atoms. The highest BCUT2D eigenvalue weighted by Crippen LogP contribution is 2.39. The average Bonchev–Trinajstić information content (AvgIpc) is 2.45. The summed E-state index contributed by atoms with van der Waals surface area (Å²) in [5, 5.41) is 4.69. The van der Waals surface area contributed by atoms with Gasteiger partial charge in [0.05, 0.1) is 14.2 Å². The molecule has 0 amide bonds. The van der Waals surface area contributed by atoms with E-state index in [1.54, 1.807) is 14.2 Å². The van der Waals surface area contributed by atoms with E-state index in [2.05, 4.69) is 43.3 Å². The molecule has 3 aromatic rings. The van der Waals surface area contributed by atoms with Gasteiger partial charge >= 0.3 is 0 Å². The predicted octanol–water partition coefficient (Wildman–Crippen LogP) is 4.32. The predicted molar refractivity (Wildman–Crippen MR) is 79.3 cm³/mol. The number of benzene rings is 3. The van der Waals surface area contributed by atoms with E-state index in [9.17, 15) is 0 Å². The Labute approximate surface area is 112 Å². The third kappa shape index (κ3) is 1.80. The van der Waals surface area contributed by atoms with Gasteiger partial charge in [-0.2, -0.15) is 0 Å². The third-order valence-electron chi connectivity index (χ3n) is 3.50. The molecule has 0 N–H and O–H groups in total. The van der Waals surface area contributed by atoms with Gasteiger partial charge in [-0.25, -0.2) is 0 Å². The fraction of sp³-hybridized carbons (Fsp3) is 0.176. The first-order valence-electron chi connectivity index (χ1n) is 6.28. The normalized spacial score (nSPS) is 10.9. The molecule has 0 radical (unpaired) electrons. The van der Waals surface area contributed by atoms with Gasteiger partial charge in [0.1, 0.15) is 0 Å². The van der Waals surface area contributed by atoms with Crippen LogP contribution in [-0.4, -0.2) is 14.2 Å². The second-order valence-corrected chi connectivity index (χ2v) is 4.69. The van der Waals surface area contributed by atoms with Gasteiger partial charge in [-0.15, -0.1) is 0 Å². The molecule has 0 fully saturated rings. The van der Waals surface area contributed by atoms with E-state index in [-0.39, 0.29) is 0 Å². The Morgan fingerprint density at radius 3 is 2.21 bits per heavy atom. The topological polar surface area (TPSA) is 18.5 Å². The van der Waals surface area contributed by atoms with Crippen LogP contribution in [0.15, 0.2) is 42.5 Å². The van der Waals surface area contributed by atoms with Crippen molar-refractivity contribution in [3.63, 3.8) is 0 Å². The maximum absolute atomic E-state index is 5.57. The number of rotatable bonds is 2. The van der Waals surface area contributed by atoms with Crippen LogP contribution in [0, 0.1) is 6.92 Å². The minimum Gasteiger partial charge on any atom is -0.493 e. The first-order valence-corrected chi connectivity index (χ1v) is 6.28. The fourth-order valence-corrected chi connectivity index (χ4v) is 2.57. The lowest BCUT2D eigenvalue weighted by atomic mass is 9.99. The molecule has 19 heavy (non-hydrogen) atoms. The lowest BCUT2D eigenvalue weighted by Crippen LogP contribution is -1.92.